The summed E-state index contributed by atoms with van der Waals surface area (Å²) in [5, 5.41) is 2.71. The SMILES string of the molecule is COc1cc(OC)c(OC)cc1CNC(=O)COC(=O)c1ccc(C(C)(C)C)cc1. The first-order valence-electron chi connectivity index (χ1n) is 9.52. The number of hydrogen-bond acceptors (Lipinski definition) is 6. The molecule has 0 saturated heterocycles. The van der Waals surface area contributed by atoms with Gasteiger partial charge in [0, 0.05) is 18.2 Å². The number of rotatable bonds is 8. The normalized spacial score (nSPS) is 10.9. The molecule has 2 rings (SSSR count). The molecule has 0 heterocycles. The van der Waals surface area contributed by atoms with E-state index in [4.69, 9.17) is 18.9 Å². The molecular weight excluding hydrogens is 386 g/mol. The van der Waals surface area contributed by atoms with Gasteiger partial charge >= 0.3 is 5.97 Å². The summed E-state index contributed by atoms with van der Waals surface area (Å²) in [6.07, 6.45) is 0. The molecule has 0 unspecified atom stereocenters. The first-order valence-corrected chi connectivity index (χ1v) is 9.52. The second-order valence-corrected chi connectivity index (χ2v) is 7.70. The van der Waals surface area contributed by atoms with Crippen molar-refractivity contribution >= 4 is 11.9 Å². The zero-order valence-corrected chi connectivity index (χ0v) is 18.3. The van der Waals surface area contributed by atoms with Crippen LogP contribution in [0.4, 0.5) is 0 Å². The second kappa shape index (κ2) is 10.0. The Labute approximate surface area is 177 Å². The van der Waals surface area contributed by atoms with E-state index in [2.05, 4.69) is 26.1 Å². The number of benzene rings is 2. The molecule has 1 amide bonds. The number of amides is 1. The van der Waals surface area contributed by atoms with E-state index in [0.29, 0.717) is 28.4 Å². The molecule has 0 spiro atoms. The molecule has 30 heavy (non-hydrogen) atoms. The maximum Gasteiger partial charge on any atom is 0.338 e. The third kappa shape index (κ3) is 5.89. The zero-order chi connectivity index (χ0) is 22.3. The van der Waals surface area contributed by atoms with E-state index in [1.165, 1.54) is 21.3 Å². The molecule has 0 aliphatic heterocycles. The number of carbonyl (C=O) groups is 2. The molecule has 1 N–H and O–H groups in total. The quantitative estimate of drug-likeness (QED) is 0.665. The fourth-order valence-corrected chi connectivity index (χ4v) is 2.80. The van der Waals surface area contributed by atoms with Gasteiger partial charge in [0.25, 0.3) is 5.91 Å². The van der Waals surface area contributed by atoms with Gasteiger partial charge in [-0.25, -0.2) is 4.79 Å². The first-order chi connectivity index (χ1) is 14.2. The molecule has 0 fully saturated rings. The molecule has 0 saturated carbocycles. The van der Waals surface area contributed by atoms with Crippen molar-refractivity contribution < 1.29 is 28.5 Å². The van der Waals surface area contributed by atoms with Gasteiger partial charge in [0.2, 0.25) is 0 Å². The fourth-order valence-electron chi connectivity index (χ4n) is 2.80. The maximum absolute atomic E-state index is 12.2. The van der Waals surface area contributed by atoms with E-state index in [1.807, 2.05) is 12.1 Å². The van der Waals surface area contributed by atoms with Gasteiger partial charge in [-0.05, 0) is 29.2 Å². The van der Waals surface area contributed by atoms with E-state index >= 15 is 0 Å². The molecule has 162 valence electrons. The summed E-state index contributed by atoms with van der Waals surface area (Å²) in [5.41, 5.74) is 2.21. The van der Waals surface area contributed by atoms with Gasteiger partial charge in [-0.2, -0.15) is 0 Å². The van der Waals surface area contributed by atoms with Crippen LogP contribution < -0.4 is 19.5 Å². The molecule has 0 radical (unpaired) electrons. The summed E-state index contributed by atoms with van der Waals surface area (Å²) >= 11 is 0. The van der Waals surface area contributed by atoms with Crippen molar-refractivity contribution in [2.45, 2.75) is 32.7 Å². The lowest BCUT2D eigenvalue weighted by atomic mass is 9.87. The predicted molar refractivity (Wildman–Crippen MR) is 113 cm³/mol. The van der Waals surface area contributed by atoms with Crippen molar-refractivity contribution in [1.82, 2.24) is 5.32 Å². The summed E-state index contributed by atoms with van der Waals surface area (Å²) in [6.45, 7) is 6.09. The minimum absolute atomic E-state index is 0.00643. The molecule has 0 aliphatic carbocycles. The second-order valence-electron chi connectivity index (χ2n) is 7.70. The van der Waals surface area contributed by atoms with Gasteiger partial charge in [-0.3, -0.25) is 4.79 Å². The first kappa shape index (κ1) is 23.1. The van der Waals surface area contributed by atoms with Crippen molar-refractivity contribution in [3.63, 3.8) is 0 Å². The lowest BCUT2D eigenvalue weighted by molar-refractivity contribution is -0.124. The predicted octanol–water partition coefficient (Wildman–Crippen LogP) is 3.48. The highest BCUT2D eigenvalue weighted by Crippen LogP contribution is 2.34. The molecule has 2 aromatic rings. The minimum atomic E-state index is -0.547. The van der Waals surface area contributed by atoms with Crippen LogP contribution in [-0.2, 0) is 21.5 Å². The molecule has 7 nitrogen and oxygen atoms in total. The number of ether oxygens (including phenoxy) is 4. The van der Waals surface area contributed by atoms with Gasteiger partial charge < -0.3 is 24.3 Å². The van der Waals surface area contributed by atoms with Crippen LogP contribution in [0, 0.1) is 0 Å². The minimum Gasteiger partial charge on any atom is -0.496 e. The van der Waals surface area contributed by atoms with Crippen LogP contribution in [0.5, 0.6) is 17.2 Å². The van der Waals surface area contributed by atoms with E-state index in [9.17, 15) is 9.59 Å². The lowest BCUT2D eigenvalue weighted by Crippen LogP contribution is -2.28. The summed E-state index contributed by atoms with van der Waals surface area (Å²) in [7, 11) is 4.59. The van der Waals surface area contributed by atoms with Crippen molar-refractivity contribution in [1.29, 1.82) is 0 Å². The Bertz CT molecular complexity index is 884. The van der Waals surface area contributed by atoms with Gasteiger partial charge in [0.1, 0.15) is 5.75 Å². The monoisotopic (exact) mass is 415 g/mol. The molecule has 0 aliphatic rings. The molecule has 0 bridgehead atoms. The van der Waals surface area contributed by atoms with Gasteiger partial charge in [0.05, 0.1) is 26.9 Å². The van der Waals surface area contributed by atoms with Crippen molar-refractivity contribution in [2.24, 2.45) is 0 Å². The number of methoxy groups -OCH3 is 3. The standard InChI is InChI=1S/C23H29NO6/c1-23(2,3)17-9-7-15(8-10-17)22(26)30-14-21(25)24-13-16-11-19(28-5)20(29-6)12-18(16)27-4/h7-12H,13-14H2,1-6H3,(H,24,25). The highest BCUT2D eigenvalue weighted by molar-refractivity contribution is 5.91. The highest BCUT2D eigenvalue weighted by Gasteiger charge is 2.16. The lowest BCUT2D eigenvalue weighted by Gasteiger charge is -2.18. The summed E-state index contributed by atoms with van der Waals surface area (Å²) in [4.78, 5) is 24.3. The Morgan fingerprint density at radius 2 is 1.43 bits per heavy atom. The van der Waals surface area contributed by atoms with Crippen LogP contribution in [0.3, 0.4) is 0 Å². The molecule has 0 atom stereocenters. The number of nitrogens with one attached hydrogen (secondary N) is 1. The Morgan fingerprint density at radius 1 is 0.867 bits per heavy atom. The van der Waals surface area contributed by atoms with E-state index in [1.54, 1.807) is 24.3 Å². The molecule has 2 aromatic carbocycles. The topological polar surface area (TPSA) is 83.1 Å². The average Bonchev–Trinajstić information content (AvgIpc) is 2.74. The van der Waals surface area contributed by atoms with E-state index in [0.717, 1.165) is 5.56 Å². The molecule has 7 heteroatoms. The molecular formula is C23H29NO6. The summed E-state index contributed by atoms with van der Waals surface area (Å²) < 4.78 is 21.0. The summed E-state index contributed by atoms with van der Waals surface area (Å²) in [5.74, 6) is 0.619. The summed E-state index contributed by atoms with van der Waals surface area (Å²) in [6, 6.07) is 10.6. The van der Waals surface area contributed by atoms with Crippen LogP contribution >= 0.6 is 0 Å². The third-order valence-corrected chi connectivity index (χ3v) is 4.58. The molecule has 0 aromatic heterocycles. The third-order valence-electron chi connectivity index (χ3n) is 4.58. The van der Waals surface area contributed by atoms with Gasteiger partial charge in [-0.1, -0.05) is 32.9 Å². The number of carbonyl (C=O) groups excluding carboxylic acids is 2. The largest absolute Gasteiger partial charge is 0.496 e. The number of hydrogen-bond donors (Lipinski definition) is 1. The van der Waals surface area contributed by atoms with Gasteiger partial charge in [-0.15, -0.1) is 0 Å². The highest BCUT2D eigenvalue weighted by atomic mass is 16.5. The van der Waals surface area contributed by atoms with E-state index < -0.39 is 11.9 Å². The van der Waals surface area contributed by atoms with Gasteiger partial charge in [0.15, 0.2) is 18.1 Å². The number of esters is 1. The van der Waals surface area contributed by atoms with E-state index in [-0.39, 0.29) is 18.6 Å². The Morgan fingerprint density at radius 3 is 1.97 bits per heavy atom. The maximum atomic E-state index is 12.2. The van der Waals surface area contributed by atoms with Crippen molar-refractivity contribution in [3.8, 4) is 17.2 Å². The fraction of sp³-hybridized carbons (Fsp3) is 0.391. The van der Waals surface area contributed by atoms with Crippen LogP contribution in [-0.4, -0.2) is 39.8 Å². The Hall–Kier alpha value is -3.22. The zero-order valence-electron chi connectivity index (χ0n) is 18.3. The van der Waals surface area contributed by atoms with Crippen molar-refractivity contribution in [3.05, 3.63) is 53.1 Å². The average molecular weight is 415 g/mol. The smallest absolute Gasteiger partial charge is 0.338 e. The Balaban J connectivity index is 1.93. The van der Waals surface area contributed by atoms with Crippen molar-refractivity contribution in [2.75, 3.05) is 27.9 Å². The van der Waals surface area contributed by atoms with Crippen LogP contribution in [0.2, 0.25) is 0 Å². The Kier molecular flexibility index (Phi) is 7.69. The van der Waals surface area contributed by atoms with Crippen LogP contribution in [0.1, 0.15) is 42.3 Å². The van der Waals surface area contributed by atoms with Crippen LogP contribution in [0.15, 0.2) is 36.4 Å². The van der Waals surface area contributed by atoms with Crippen LogP contribution in [0.25, 0.3) is 0 Å².